The van der Waals surface area contributed by atoms with Crippen LogP contribution >= 0.6 is 15.9 Å². The van der Waals surface area contributed by atoms with Gasteiger partial charge in [0.25, 0.3) is 5.91 Å². The fourth-order valence-corrected chi connectivity index (χ4v) is 1.87. The lowest BCUT2D eigenvalue weighted by atomic mass is 10.1. The number of primary amides is 1. The monoisotopic (exact) mass is 361 g/mol. The van der Waals surface area contributed by atoms with E-state index in [9.17, 15) is 18.8 Å². The summed E-state index contributed by atoms with van der Waals surface area (Å²) in [4.78, 5) is 33.8. The average Bonchev–Trinajstić information content (AvgIpc) is 2.37. The molecule has 0 aliphatic carbocycles. The number of hydrogen-bond donors (Lipinski definition) is 1. The van der Waals surface area contributed by atoms with Crippen molar-refractivity contribution in [3.63, 3.8) is 0 Å². The second-order valence-corrected chi connectivity index (χ2v) is 4.78. The zero-order valence-corrected chi connectivity index (χ0v) is 12.7. The molecule has 0 saturated heterocycles. The minimum absolute atomic E-state index is 0.0717. The van der Waals surface area contributed by atoms with E-state index in [4.69, 9.17) is 10.5 Å². The Labute approximate surface area is 128 Å². The summed E-state index contributed by atoms with van der Waals surface area (Å²) >= 11 is 3.04. The Balaban J connectivity index is 2.95. The molecule has 0 heterocycles. The number of esters is 1. The molecule has 0 aliphatic rings. The van der Waals surface area contributed by atoms with Crippen LogP contribution in [-0.4, -0.2) is 30.9 Å². The number of nitrogens with two attached hydrogens (primary N) is 1. The maximum absolute atomic E-state index is 13.8. The summed E-state index contributed by atoms with van der Waals surface area (Å²) in [6.45, 7) is 1.30. The van der Waals surface area contributed by atoms with Gasteiger partial charge < -0.3 is 15.2 Å². The van der Waals surface area contributed by atoms with Gasteiger partial charge >= 0.3 is 5.97 Å². The van der Waals surface area contributed by atoms with Crippen molar-refractivity contribution in [2.75, 3.05) is 13.2 Å². The number of rotatable bonds is 7. The normalized spacial score (nSPS) is 10.0. The van der Waals surface area contributed by atoms with Gasteiger partial charge in [-0.15, -0.1) is 0 Å². The highest BCUT2D eigenvalue weighted by molar-refractivity contribution is 9.10. The van der Waals surface area contributed by atoms with Crippen LogP contribution in [0.4, 0.5) is 4.39 Å². The third kappa shape index (κ3) is 5.14. The van der Waals surface area contributed by atoms with Gasteiger partial charge in [0.1, 0.15) is 18.0 Å². The second-order valence-electron chi connectivity index (χ2n) is 3.92. The van der Waals surface area contributed by atoms with Crippen LogP contribution in [0, 0.1) is 5.82 Å². The summed E-state index contributed by atoms with van der Waals surface area (Å²) in [6, 6.07) is 2.11. The average molecular weight is 362 g/mol. The van der Waals surface area contributed by atoms with E-state index in [-0.39, 0.29) is 22.4 Å². The predicted molar refractivity (Wildman–Crippen MR) is 74.4 cm³/mol. The van der Waals surface area contributed by atoms with Crippen molar-refractivity contribution in [1.82, 2.24) is 0 Å². The number of Topliss-reactive ketones (excluding diaryl/α,β-unsaturated/α-hetero) is 1. The van der Waals surface area contributed by atoms with Crippen LogP contribution in [0.15, 0.2) is 16.6 Å². The van der Waals surface area contributed by atoms with E-state index in [1.165, 1.54) is 0 Å². The number of ether oxygens (including phenoxy) is 2. The third-order valence-electron chi connectivity index (χ3n) is 2.30. The van der Waals surface area contributed by atoms with Gasteiger partial charge in [0.05, 0.1) is 16.6 Å². The summed E-state index contributed by atoms with van der Waals surface area (Å²) in [5.74, 6) is -2.96. The van der Waals surface area contributed by atoms with Gasteiger partial charge in [0.15, 0.2) is 12.4 Å². The van der Waals surface area contributed by atoms with Crippen LogP contribution in [0.5, 0.6) is 5.75 Å². The van der Waals surface area contributed by atoms with Gasteiger partial charge in [-0.05, 0) is 35.0 Å². The van der Waals surface area contributed by atoms with Crippen LogP contribution in [-0.2, 0) is 14.3 Å². The van der Waals surface area contributed by atoms with Gasteiger partial charge in [-0.2, -0.15) is 0 Å². The van der Waals surface area contributed by atoms with Gasteiger partial charge in [-0.1, -0.05) is 0 Å². The molecule has 6 nitrogen and oxygen atoms in total. The first kappa shape index (κ1) is 17.1. The Kier molecular flexibility index (Phi) is 6.29. The molecule has 0 atom stereocenters. The van der Waals surface area contributed by atoms with Crippen LogP contribution in [0.3, 0.4) is 0 Å². The minimum atomic E-state index is -0.817. The Morgan fingerprint density at radius 1 is 1.33 bits per heavy atom. The standard InChI is InChI=1S/C13H13BrFNO5/c1-2-20-13(19)5-10(17)7-3-11(21-6-12(16)18)8(14)4-9(7)15/h3-4H,2,5-6H2,1H3,(H2,16,18). The van der Waals surface area contributed by atoms with E-state index in [1.54, 1.807) is 6.92 Å². The van der Waals surface area contributed by atoms with Crippen molar-refractivity contribution in [1.29, 1.82) is 0 Å². The van der Waals surface area contributed by atoms with E-state index in [0.717, 1.165) is 12.1 Å². The lowest BCUT2D eigenvalue weighted by Gasteiger charge is -2.09. The molecule has 2 N–H and O–H groups in total. The molecule has 0 bridgehead atoms. The molecule has 0 radical (unpaired) electrons. The van der Waals surface area contributed by atoms with E-state index in [1.807, 2.05) is 0 Å². The van der Waals surface area contributed by atoms with Crippen LogP contribution < -0.4 is 10.5 Å². The number of benzene rings is 1. The van der Waals surface area contributed by atoms with Crippen LogP contribution in [0.1, 0.15) is 23.7 Å². The smallest absolute Gasteiger partial charge is 0.313 e. The number of hydrogen-bond acceptors (Lipinski definition) is 5. The Morgan fingerprint density at radius 2 is 2.00 bits per heavy atom. The molecule has 0 saturated carbocycles. The Morgan fingerprint density at radius 3 is 2.57 bits per heavy atom. The quantitative estimate of drug-likeness (QED) is 0.452. The van der Waals surface area contributed by atoms with Gasteiger partial charge in [-0.3, -0.25) is 14.4 Å². The van der Waals surface area contributed by atoms with Crippen LogP contribution in [0.2, 0.25) is 0 Å². The van der Waals surface area contributed by atoms with E-state index < -0.39 is 36.5 Å². The fourth-order valence-electron chi connectivity index (χ4n) is 1.44. The van der Waals surface area contributed by atoms with Crippen molar-refractivity contribution < 1.29 is 28.2 Å². The number of halogens is 2. The predicted octanol–water partition coefficient (Wildman–Crippen LogP) is 1.59. The van der Waals surface area contributed by atoms with Crippen molar-refractivity contribution in [3.05, 3.63) is 28.0 Å². The summed E-state index contributed by atoms with van der Waals surface area (Å²) in [6.07, 6.45) is -0.582. The molecule has 0 unspecified atom stereocenters. The molecular formula is C13H13BrFNO5. The summed E-state index contributed by atoms with van der Waals surface area (Å²) in [5.41, 5.74) is 4.61. The van der Waals surface area contributed by atoms with Gasteiger partial charge in [0.2, 0.25) is 0 Å². The molecular weight excluding hydrogens is 349 g/mol. The highest BCUT2D eigenvalue weighted by Crippen LogP contribution is 2.29. The van der Waals surface area contributed by atoms with Crippen molar-refractivity contribution >= 4 is 33.6 Å². The number of ketones is 1. The molecule has 1 aromatic rings. The van der Waals surface area contributed by atoms with Gasteiger partial charge in [0, 0.05) is 0 Å². The Bertz CT molecular complexity index is 576. The van der Waals surface area contributed by atoms with Crippen molar-refractivity contribution in [2.45, 2.75) is 13.3 Å². The molecule has 21 heavy (non-hydrogen) atoms. The maximum atomic E-state index is 13.8. The topological polar surface area (TPSA) is 95.7 Å². The fraction of sp³-hybridized carbons (Fsp3) is 0.308. The molecule has 1 rings (SSSR count). The molecule has 1 aromatic carbocycles. The zero-order valence-electron chi connectivity index (χ0n) is 11.2. The molecule has 1 amide bonds. The molecule has 0 spiro atoms. The molecule has 8 heteroatoms. The molecule has 0 fully saturated rings. The largest absolute Gasteiger partial charge is 0.483 e. The number of carbonyl (C=O) groups excluding carboxylic acids is 3. The summed E-state index contributed by atoms with van der Waals surface area (Å²) in [7, 11) is 0. The molecule has 0 aliphatic heterocycles. The summed E-state index contributed by atoms with van der Waals surface area (Å²) in [5, 5.41) is 0. The Hall–Kier alpha value is -1.96. The molecule has 114 valence electrons. The minimum Gasteiger partial charge on any atom is -0.483 e. The first-order valence-electron chi connectivity index (χ1n) is 5.94. The highest BCUT2D eigenvalue weighted by atomic mass is 79.9. The van der Waals surface area contributed by atoms with Crippen LogP contribution in [0.25, 0.3) is 0 Å². The van der Waals surface area contributed by atoms with E-state index >= 15 is 0 Å². The second kappa shape index (κ2) is 7.72. The third-order valence-corrected chi connectivity index (χ3v) is 2.92. The first-order chi connectivity index (χ1) is 9.85. The number of carbonyl (C=O) groups is 3. The molecule has 0 aromatic heterocycles. The number of amides is 1. The van der Waals surface area contributed by atoms with Crippen molar-refractivity contribution in [3.8, 4) is 5.75 Å². The lowest BCUT2D eigenvalue weighted by Crippen LogP contribution is -2.20. The lowest BCUT2D eigenvalue weighted by molar-refractivity contribution is -0.142. The first-order valence-corrected chi connectivity index (χ1v) is 6.73. The van der Waals surface area contributed by atoms with Crippen molar-refractivity contribution in [2.24, 2.45) is 5.73 Å². The zero-order chi connectivity index (χ0) is 16.0. The van der Waals surface area contributed by atoms with Gasteiger partial charge in [-0.25, -0.2) is 4.39 Å². The SMILES string of the molecule is CCOC(=O)CC(=O)c1cc(OCC(N)=O)c(Br)cc1F. The maximum Gasteiger partial charge on any atom is 0.313 e. The van der Waals surface area contributed by atoms with E-state index in [2.05, 4.69) is 20.7 Å². The van der Waals surface area contributed by atoms with E-state index in [0.29, 0.717) is 0 Å². The highest BCUT2D eigenvalue weighted by Gasteiger charge is 2.19. The summed E-state index contributed by atoms with van der Waals surface area (Å²) < 4.78 is 23.6.